The number of carbonyl (C=O) groups is 1. The van der Waals surface area contributed by atoms with Crippen LogP contribution in [0.5, 0.6) is 0 Å². The molecule has 2 aromatic heterocycles. The van der Waals surface area contributed by atoms with Gasteiger partial charge in [-0.05, 0) is 50.4 Å². The maximum Gasteiger partial charge on any atom is 0.265 e. The first kappa shape index (κ1) is 20.7. The highest BCUT2D eigenvalue weighted by Gasteiger charge is 2.34. The number of pyridine rings is 1. The minimum Gasteiger partial charge on any atom is -0.388 e. The molecule has 0 radical (unpaired) electrons. The molecule has 0 aromatic carbocycles. The summed E-state index contributed by atoms with van der Waals surface area (Å²) in [6.07, 6.45) is 5.62. The summed E-state index contributed by atoms with van der Waals surface area (Å²) in [5.74, 6) is -0.0277. The number of rotatable bonds is 6. The molecular formula is C20H29N5O2S. The van der Waals surface area contributed by atoms with Crippen LogP contribution in [0.25, 0.3) is 0 Å². The molecule has 1 saturated heterocycles. The maximum atomic E-state index is 12.9. The van der Waals surface area contributed by atoms with Gasteiger partial charge < -0.3 is 15.7 Å². The van der Waals surface area contributed by atoms with E-state index in [2.05, 4.69) is 21.8 Å². The Bertz CT molecular complexity index is 797. The maximum absolute atomic E-state index is 12.9. The topological polar surface area (TPSA) is 95.6 Å². The van der Waals surface area contributed by atoms with E-state index in [0.717, 1.165) is 19.5 Å². The Balaban J connectivity index is 1.62. The van der Waals surface area contributed by atoms with Gasteiger partial charge in [0.2, 0.25) is 0 Å². The first-order valence-electron chi connectivity index (χ1n) is 9.76. The second-order valence-electron chi connectivity index (χ2n) is 7.50. The average Bonchev–Trinajstić information content (AvgIpc) is 2.90. The minimum absolute atomic E-state index is 0.0277. The lowest BCUT2D eigenvalue weighted by Crippen LogP contribution is -2.43. The molecule has 3 heterocycles. The van der Waals surface area contributed by atoms with Crippen molar-refractivity contribution in [3.8, 4) is 0 Å². The molecule has 0 unspecified atom stereocenters. The lowest BCUT2D eigenvalue weighted by Gasteiger charge is -2.33. The summed E-state index contributed by atoms with van der Waals surface area (Å²) in [4.78, 5) is 25.8. The molecule has 1 fully saturated rings. The fraction of sp³-hybridized carbons (Fsp3) is 0.550. The van der Waals surface area contributed by atoms with Crippen molar-refractivity contribution in [3.05, 3.63) is 40.7 Å². The SMILES string of the molecule is CCN(Cc1ccncc1)C[C@@]1(O)CCCN(C(=O)c2sc(N)nc2C)CC1. The van der Waals surface area contributed by atoms with Crippen LogP contribution in [0.15, 0.2) is 24.5 Å². The van der Waals surface area contributed by atoms with E-state index < -0.39 is 5.60 Å². The quantitative estimate of drug-likeness (QED) is 0.768. The number of nitrogens with two attached hydrogens (primary N) is 1. The third-order valence-corrected chi connectivity index (χ3v) is 6.31. The molecule has 7 nitrogen and oxygen atoms in total. The Labute approximate surface area is 170 Å². The fourth-order valence-electron chi connectivity index (χ4n) is 3.74. The van der Waals surface area contributed by atoms with Gasteiger partial charge >= 0.3 is 0 Å². The van der Waals surface area contributed by atoms with Gasteiger partial charge in [-0.15, -0.1) is 0 Å². The number of hydrogen-bond donors (Lipinski definition) is 2. The number of hydrogen-bond acceptors (Lipinski definition) is 7. The second kappa shape index (κ2) is 8.98. The molecule has 152 valence electrons. The van der Waals surface area contributed by atoms with Gasteiger partial charge in [0.1, 0.15) is 4.88 Å². The van der Waals surface area contributed by atoms with Crippen LogP contribution in [-0.4, -0.2) is 62.6 Å². The molecule has 0 spiro atoms. The van der Waals surface area contributed by atoms with Crippen LogP contribution >= 0.6 is 11.3 Å². The van der Waals surface area contributed by atoms with Crippen molar-refractivity contribution in [3.63, 3.8) is 0 Å². The highest BCUT2D eigenvalue weighted by atomic mass is 32.1. The summed E-state index contributed by atoms with van der Waals surface area (Å²) in [6, 6.07) is 4.01. The number of aliphatic hydroxyl groups is 1. The van der Waals surface area contributed by atoms with Crippen LogP contribution in [0, 0.1) is 6.92 Å². The summed E-state index contributed by atoms with van der Waals surface area (Å²) < 4.78 is 0. The van der Waals surface area contributed by atoms with Gasteiger partial charge in [-0.1, -0.05) is 18.3 Å². The van der Waals surface area contributed by atoms with Gasteiger partial charge in [-0.25, -0.2) is 4.98 Å². The Morgan fingerprint density at radius 2 is 2.11 bits per heavy atom. The van der Waals surface area contributed by atoms with Crippen molar-refractivity contribution >= 4 is 22.4 Å². The van der Waals surface area contributed by atoms with E-state index in [0.29, 0.717) is 48.2 Å². The van der Waals surface area contributed by atoms with E-state index in [1.165, 1.54) is 16.9 Å². The van der Waals surface area contributed by atoms with Crippen molar-refractivity contribution in [2.45, 2.75) is 45.3 Å². The predicted molar refractivity (Wildman–Crippen MR) is 111 cm³/mol. The molecule has 1 amide bonds. The van der Waals surface area contributed by atoms with Crippen molar-refractivity contribution < 1.29 is 9.90 Å². The second-order valence-corrected chi connectivity index (χ2v) is 8.53. The molecule has 1 atom stereocenters. The monoisotopic (exact) mass is 403 g/mol. The normalized spacial score (nSPS) is 20.4. The van der Waals surface area contributed by atoms with E-state index in [-0.39, 0.29) is 5.91 Å². The molecule has 1 aliphatic heterocycles. The largest absolute Gasteiger partial charge is 0.388 e. The highest BCUT2D eigenvalue weighted by Crippen LogP contribution is 2.27. The first-order valence-corrected chi connectivity index (χ1v) is 10.6. The lowest BCUT2D eigenvalue weighted by atomic mass is 9.94. The summed E-state index contributed by atoms with van der Waals surface area (Å²) in [7, 11) is 0. The van der Waals surface area contributed by atoms with E-state index in [1.807, 2.05) is 24.0 Å². The van der Waals surface area contributed by atoms with Crippen LogP contribution in [0.4, 0.5) is 5.13 Å². The van der Waals surface area contributed by atoms with Gasteiger partial charge in [0.25, 0.3) is 5.91 Å². The summed E-state index contributed by atoms with van der Waals surface area (Å²) >= 11 is 1.24. The van der Waals surface area contributed by atoms with Crippen molar-refractivity contribution in [2.24, 2.45) is 0 Å². The Morgan fingerprint density at radius 1 is 1.36 bits per heavy atom. The van der Waals surface area contributed by atoms with Gasteiger partial charge in [-0.3, -0.25) is 14.7 Å². The molecule has 28 heavy (non-hydrogen) atoms. The number of amides is 1. The van der Waals surface area contributed by atoms with Gasteiger partial charge in [0, 0.05) is 38.6 Å². The van der Waals surface area contributed by atoms with Crippen LogP contribution in [-0.2, 0) is 6.54 Å². The van der Waals surface area contributed by atoms with Gasteiger partial charge in [0.05, 0.1) is 11.3 Å². The number of nitrogen functional groups attached to an aromatic ring is 1. The highest BCUT2D eigenvalue weighted by molar-refractivity contribution is 7.17. The Morgan fingerprint density at radius 3 is 2.75 bits per heavy atom. The third kappa shape index (κ3) is 5.06. The number of aromatic nitrogens is 2. The lowest BCUT2D eigenvalue weighted by molar-refractivity contribution is -0.00926. The van der Waals surface area contributed by atoms with Crippen LogP contribution in [0.2, 0.25) is 0 Å². The molecule has 8 heteroatoms. The number of carbonyl (C=O) groups excluding carboxylic acids is 1. The van der Waals surface area contributed by atoms with Crippen LogP contribution in [0.1, 0.15) is 47.1 Å². The molecule has 3 N–H and O–H groups in total. The average molecular weight is 404 g/mol. The van der Waals surface area contributed by atoms with Crippen LogP contribution < -0.4 is 5.73 Å². The zero-order valence-electron chi connectivity index (χ0n) is 16.6. The van der Waals surface area contributed by atoms with Crippen molar-refractivity contribution in [2.75, 3.05) is 31.9 Å². The summed E-state index contributed by atoms with van der Waals surface area (Å²) in [6.45, 7) is 7.34. The molecule has 2 aromatic rings. The molecular weight excluding hydrogens is 374 g/mol. The predicted octanol–water partition coefficient (Wildman–Crippen LogP) is 2.31. The molecule has 0 bridgehead atoms. The van der Waals surface area contributed by atoms with E-state index in [4.69, 9.17) is 5.73 Å². The summed E-state index contributed by atoms with van der Waals surface area (Å²) in [5.41, 5.74) is 6.82. The number of thiazole rings is 1. The third-order valence-electron chi connectivity index (χ3n) is 5.33. The number of nitrogens with zero attached hydrogens (tertiary/aromatic N) is 4. The van der Waals surface area contributed by atoms with Crippen molar-refractivity contribution in [1.29, 1.82) is 0 Å². The van der Waals surface area contributed by atoms with E-state index in [1.54, 1.807) is 12.4 Å². The summed E-state index contributed by atoms with van der Waals surface area (Å²) in [5, 5.41) is 11.7. The molecule has 0 saturated carbocycles. The zero-order chi connectivity index (χ0) is 20.1. The number of aryl methyl sites for hydroxylation is 1. The molecule has 0 aliphatic carbocycles. The smallest absolute Gasteiger partial charge is 0.265 e. The van der Waals surface area contributed by atoms with Crippen molar-refractivity contribution in [1.82, 2.24) is 19.8 Å². The number of anilines is 1. The van der Waals surface area contributed by atoms with Gasteiger partial charge in [0.15, 0.2) is 5.13 Å². The Hall–Kier alpha value is -2.03. The minimum atomic E-state index is -0.792. The van der Waals surface area contributed by atoms with E-state index in [9.17, 15) is 9.90 Å². The molecule has 1 aliphatic rings. The number of likely N-dealkylation sites (N-methyl/N-ethyl adjacent to an activating group) is 1. The van der Waals surface area contributed by atoms with Gasteiger partial charge in [-0.2, -0.15) is 0 Å². The fourth-order valence-corrected chi connectivity index (χ4v) is 4.54. The van der Waals surface area contributed by atoms with E-state index >= 15 is 0 Å². The first-order chi connectivity index (χ1) is 13.4. The molecule has 3 rings (SSSR count). The number of likely N-dealkylation sites (tertiary alicyclic amines) is 1. The standard InChI is InChI=1S/C20H29N5O2S/c1-3-24(13-16-5-9-22-10-6-16)14-20(27)7-4-11-25(12-8-20)18(26)17-15(2)23-19(21)28-17/h5-6,9-10,27H,3-4,7-8,11-14H2,1-2H3,(H2,21,23)/t20-/m1/s1. The zero-order valence-corrected chi connectivity index (χ0v) is 17.4. The van der Waals surface area contributed by atoms with Crippen LogP contribution in [0.3, 0.4) is 0 Å². The Kier molecular flexibility index (Phi) is 6.64.